The van der Waals surface area contributed by atoms with E-state index in [0.29, 0.717) is 16.0 Å². The van der Waals surface area contributed by atoms with Gasteiger partial charge in [-0.05, 0) is 74.4 Å². The highest BCUT2D eigenvalue weighted by molar-refractivity contribution is 6.36. The number of fused-ring (bicyclic) bond motifs is 2. The summed E-state index contributed by atoms with van der Waals surface area (Å²) in [6.07, 6.45) is 1.19. The average Bonchev–Trinajstić information content (AvgIpc) is 3.36. The molecule has 1 aliphatic rings. The summed E-state index contributed by atoms with van der Waals surface area (Å²) in [5.74, 6) is 0.596. The first-order valence-electron chi connectivity index (χ1n) is 12.0. The number of aromatic nitrogens is 2. The molecular formula is C30H26Cl3N3. The number of rotatable bonds is 2. The SMILES string of the molecule is Cc1cc(Cl)c2cc(Cl)ccc2n1.Cc1cc(N2CCC(c3ccccc3)C2)c2cc(Cl)ccc2n1. The molecule has 6 rings (SSSR count). The molecule has 6 heteroatoms. The van der Waals surface area contributed by atoms with Crippen LogP contribution in [0.4, 0.5) is 5.69 Å². The molecule has 1 aliphatic heterocycles. The number of benzene rings is 3. The second-order valence-corrected chi connectivity index (χ2v) is 10.5. The van der Waals surface area contributed by atoms with E-state index in [2.05, 4.69) is 58.2 Å². The first-order chi connectivity index (χ1) is 17.4. The van der Waals surface area contributed by atoms with E-state index in [0.717, 1.165) is 51.3 Å². The first kappa shape index (κ1) is 24.8. The number of pyridine rings is 2. The third-order valence-electron chi connectivity index (χ3n) is 6.53. The fourth-order valence-electron chi connectivity index (χ4n) is 4.83. The van der Waals surface area contributed by atoms with Crippen LogP contribution >= 0.6 is 34.8 Å². The molecule has 1 fully saturated rings. The van der Waals surface area contributed by atoms with Crippen molar-refractivity contribution < 1.29 is 0 Å². The van der Waals surface area contributed by atoms with Crippen LogP contribution in [0.3, 0.4) is 0 Å². The zero-order valence-corrected chi connectivity index (χ0v) is 22.4. The normalized spacial score (nSPS) is 15.2. The van der Waals surface area contributed by atoms with Crippen molar-refractivity contribution in [2.45, 2.75) is 26.2 Å². The summed E-state index contributed by atoms with van der Waals surface area (Å²) >= 11 is 18.1. The molecule has 5 aromatic rings. The number of hydrogen-bond donors (Lipinski definition) is 0. The average molecular weight is 535 g/mol. The lowest BCUT2D eigenvalue weighted by molar-refractivity contribution is 0.775. The van der Waals surface area contributed by atoms with Crippen molar-refractivity contribution in [2.75, 3.05) is 18.0 Å². The van der Waals surface area contributed by atoms with Gasteiger partial charge < -0.3 is 4.90 Å². The van der Waals surface area contributed by atoms with E-state index in [9.17, 15) is 0 Å². The second-order valence-electron chi connectivity index (χ2n) is 9.19. The van der Waals surface area contributed by atoms with Crippen molar-refractivity contribution in [2.24, 2.45) is 0 Å². The number of halogens is 3. The van der Waals surface area contributed by atoms with Crippen LogP contribution in [0.5, 0.6) is 0 Å². The van der Waals surface area contributed by atoms with Gasteiger partial charge in [-0.15, -0.1) is 0 Å². The molecule has 36 heavy (non-hydrogen) atoms. The van der Waals surface area contributed by atoms with Crippen LogP contribution in [0, 0.1) is 13.8 Å². The molecule has 1 unspecified atom stereocenters. The monoisotopic (exact) mass is 533 g/mol. The van der Waals surface area contributed by atoms with Crippen LogP contribution in [0.1, 0.15) is 29.3 Å². The van der Waals surface area contributed by atoms with E-state index in [1.807, 2.05) is 49.4 Å². The summed E-state index contributed by atoms with van der Waals surface area (Å²) in [7, 11) is 0. The predicted octanol–water partition coefficient (Wildman–Crippen LogP) is 9.04. The Morgan fingerprint density at radius 1 is 0.722 bits per heavy atom. The van der Waals surface area contributed by atoms with Crippen LogP contribution in [0.2, 0.25) is 15.1 Å². The minimum Gasteiger partial charge on any atom is -0.370 e. The lowest BCUT2D eigenvalue weighted by atomic mass is 9.99. The third kappa shape index (κ3) is 5.44. The molecule has 0 N–H and O–H groups in total. The summed E-state index contributed by atoms with van der Waals surface area (Å²) in [5, 5.41) is 4.20. The van der Waals surface area contributed by atoms with Crippen molar-refractivity contribution in [1.29, 1.82) is 0 Å². The maximum absolute atomic E-state index is 6.22. The Hall–Kier alpha value is -2.85. The summed E-state index contributed by atoms with van der Waals surface area (Å²) in [4.78, 5) is 11.5. The Morgan fingerprint density at radius 3 is 2.03 bits per heavy atom. The van der Waals surface area contributed by atoms with Gasteiger partial charge in [0.1, 0.15) is 0 Å². The quantitative estimate of drug-likeness (QED) is 0.226. The van der Waals surface area contributed by atoms with E-state index >= 15 is 0 Å². The highest BCUT2D eigenvalue weighted by Crippen LogP contribution is 2.35. The molecule has 182 valence electrons. The zero-order valence-electron chi connectivity index (χ0n) is 20.2. The van der Waals surface area contributed by atoms with Gasteiger partial charge in [-0.1, -0.05) is 65.1 Å². The fraction of sp³-hybridized carbons (Fsp3) is 0.200. The number of anilines is 1. The Balaban J connectivity index is 0.000000174. The predicted molar refractivity (Wildman–Crippen MR) is 154 cm³/mol. The van der Waals surface area contributed by atoms with Crippen LogP contribution in [0.15, 0.2) is 78.9 Å². The number of aryl methyl sites for hydroxylation is 2. The van der Waals surface area contributed by atoms with Gasteiger partial charge in [0, 0.05) is 56.9 Å². The Labute approximate surface area is 226 Å². The van der Waals surface area contributed by atoms with Gasteiger partial charge in [-0.3, -0.25) is 9.97 Å². The summed E-state index contributed by atoms with van der Waals surface area (Å²) in [6.45, 7) is 6.10. The van der Waals surface area contributed by atoms with E-state index in [1.54, 1.807) is 0 Å². The number of hydrogen-bond acceptors (Lipinski definition) is 3. The van der Waals surface area contributed by atoms with Gasteiger partial charge >= 0.3 is 0 Å². The van der Waals surface area contributed by atoms with Crippen molar-refractivity contribution in [3.8, 4) is 0 Å². The molecule has 3 aromatic carbocycles. The minimum atomic E-state index is 0.596. The molecule has 0 bridgehead atoms. The largest absolute Gasteiger partial charge is 0.370 e. The number of nitrogens with zero attached hydrogens (tertiary/aromatic N) is 3. The van der Waals surface area contributed by atoms with E-state index in [1.165, 1.54) is 17.7 Å². The van der Waals surface area contributed by atoms with Crippen LogP contribution < -0.4 is 4.90 Å². The van der Waals surface area contributed by atoms with Gasteiger partial charge in [-0.25, -0.2) is 0 Å². The molecule has 3 heterocycles. The maximum atomic E-state index is 6.22. The second kappa shape index (κ2) is 10.6. The molecule has 3 nitrogen and oxygen atoms in total. The molecule has 2 aromatic heterocycles. The molecule has 0 radical (unpaired) electrons. The summed E-state index contributed by atoms with van der Waals surface area (Å²) < 4.78 is 0. The third-order valence-corrected chi connectivity index (χ3v) is 7.31. The highest BCUT2D eigenvalue weighted by Gasteiger charge is 2.25. The fourth-order valence-corrected chi connectivity index (χ4v) is 5.48. The van der Waals surface area contributed by atoms with Gasteiger partial charge in [0.05, 0.1) is 16.1 Å². The van der Waals surface area contributed by atoms with Gasteiger partial charge in [0.2, 0.25) is 0 Å². The topological polar surface area (TPSA) is 29.0 Å². The van der Waals surface area contributed by atoms with E-state index in [-0.39, 0.29) is 0 Å². The van der Waals surface area contributed by atoms with Gasteiger partial charge in [-0.2, -0.15) is 0 Å². The summed E-state index contributed by atoms with van der Waals surface area (Å²) in [5.41, 5.74) is 6.57. The Morgan fingerprint density at radius 2 is 1.33 bits per heavy atom. The van der Waals surface area contributed by atoms with Gasteiger partial charge in [0.25, 0.3) is 0 Å². The van der Waals surface area contributed by atoms with Crippen molar-refractivity contribution >= 4 is 62.3 Å². The molecular weight excluding hydrogens is 509 g/mol. The molecule has 1 saturated heterocycles. The highest BCUT2D eigenvalue weighted by atomic mass is 35.5. The van der Waals surface area contributed by atoms with E-state index < -0.39 is 0 Å². The lowest BCUT2D eigenvalue weighted by Gasteiger charge is -2.21. The summed E-state index contributed by atoms with van der Waals surface area (Å²) in [6, 6.07) is 26.3. The molecule has 1 atom stereocenters. The Bertz CT molecular complexity index is 1540. The smallest absolute Gasteiger partial charge is 0.0727 e. The Kier molecular flexibility index (Phi) is 7.34. The standard InChI is InChI=1S/C20H19ClN2.C10H7Cl2N/c1-14-11-20(18-12-17(21)7-8-19(18)22-14)23-10-9-16(13-23)15-5-3-2-4-6-15;1-6-4-9(12)8-5-7(11)2-3-10(8)13-6/h2-8,11-12,16H,9-10,13H2,1H3;2-5H,1H3. The minimum absolute atomic E-state index is 0.596. The molecule has 0 spiro atoms. The van der Waals surface area contributed by atoms with Crippen molar-refractivity contribution in [1.82, 2.24) is 9.97 Å². The molecule has 0 aliphatic carbocycles. The molecule has 0 saturated carbocycles. The first-order valence-corrected chi connectivity index (χ1v) is 13.1. The zero-order chi connectivity index (χ0) is 25.2. The lowest BCUT2D eigenvalue weighted by Crippen LogP contribution is -2.19. The van der Waals surface area contributed by atoms with Crippen molar-refractivity contribution in [3.05, 3.63) is 111 Å². The molecule has 0 amide bonds. The van der Waals surface area contributed by atoms with Crippen LogP contribution in [-0.4, -0.2) is 23.1 Å². The van der Waals surface area contributed by atoms with Crippen LogP contribution in [0.25, 0.3) is 21.8 Å². The van der Waals surface area contributed by atoms with Gasteiger partial charge in [0.15, 0.2) is 0 Å². The van der Waals surface area contributed by atoms with E-state index in [4.69, 9.17) is 34.8 Å². The van der Waals surface area contributed by atoms with Crippen LogP contribution in [-0.2, 0) is 0 Å². The maximum Gasteiger partial charge on any atom is 0.0727 e. The van der Waals surface area contributed by atoms with Crippen molar-refractivity contribution in [3.63, 3.8) is 0 Å².